The van der Waals surface area contributed by atoms with E-state index in [-0.39, 0.29) is 18.2 Å². The third-order valence-electron chi connectivity index (χ3n) is 6.69. The van der Waals surface area contributed by atoms with Crippen molar-refractivity contribution in [2.45, 2.75) is 44.6 Å². The van der Waals surface area contributed by atoms with Crippen LogP contribution in [-0.4, -0.2) is 34.2 Å². The normalized spacial score (nSPS) is 20.7. The van der Waals surface area contributed by atoms with E-state index in [4.69, 9.17) is 0 Å². The van der Waals surface area contributed by atoms with Gasteiger partial charge in [-0.1, -0.05) is 49.4 Å². The van der Waals surface area contributed by atoms with Crippen LogP contribution in [0.15, 0.2) is 48.7 Å². The molecule has 5 rings (SSSR count). The predicted octanol–water partition coefficient (Wildman–Crippen LogP) is 4.09. The fourth-order valence-electron chi connectivity index (χ4n) is 5.09. The van der Waals surface area contributed by atoms with Crippen molar-refractivity contribution in [3.63, 3.8) is 0 Å². The van der Waals surface area contributed by atoms with E-state index in [0.29, 0.717) is 12.0 Å². The summed E-state index contributed by atoms with van der Waals surface area (Å²) < 4.78 is 0. The van der Waals surface area contributed by atoms with Crippen molar-refractivity contribution < 1.29 is 14.4 Å². The molecule has 6 heteroatoms. The molecule has 158 valence electrons. The minimum atomic E-state index is -1.07. The summed E-state index contributed by atoms with van der Waals surface area (Å²) in [6, 6.07) is 13.2. The second-order valence-corrected chi connectivity index (χ2v) is 8.41. The first kappa shape index (κ1) is 19.5. The fraction of sp³-hybridized carbons (Fsp3) is 0.320. The molecule has 1 aliphatic heterocycles. The number of Topliss-reactive ketones (excluding diaryl/α,β-unsaturated/α-hetero) is 1. The zero-order valence-corrected chi connectivity index (χ0v) is 17.5. The number of carbonyl (C=O) groups is 3. The van der Waals surface area contributed by atoms with E-state index in [0.717, 1.165) is 58.2 Å². The average molecular weight is 415 g/mol. The van der Waals surface area contributed by atoms with Gasteiger partial charge in [-0.05, 0) is 48.8 Å². The van der Waals surface area contributed by atoms with Crippen LogP contribution in [0, 0.1) is 0 Å². The topological polar surface area (TPSA) is 82.3 Å². The van der Waals surface area contributed by atoms with Gasteiger partial charge < -0.3 is 10.3 Å². The number of carbonyl (C=O) groups excluding carboxylic acids is 3. The Bertz CT molecular complexity index is 1210. The Morgan fingerprint density at radius 3 is 2.77 bits per heavy atom. The van der Waals surface area contributed by atoms with Gasteiger partial charge in [0.1, 0.15) is 5.54 Å². The summed E-state index contributed by atoms with van der Waals surface area (Å²) in [5.41, 5.74) is 3.44. The number of aryl methyl sites for hydroxylation is 2. The summed E-state index contributed by atoms with van der Waals surface area (Å²) in [6.07, 6.45) is 5.77. The number of aromatic nitrogens is 1. The first-order chi connectivity index (χ1) is 15.0. The van der Waals surface area contributed by atoms with Crippen LogP contribution in [0.4, 0.5) is 4.79 Å². The molecular weight excluding hydrogens is 390 g/mol. The molecule has 6 nitrogen and oxygen atoms in total. The highest BCUT2D eigenvalue weighted by atomic mass is 16.2. The molecule has 0 bridgehead atoms. The lowest BCUT2D eigenvalue weighted by Gasteiger charge is -2.27. The molecule has 1 aliphatic carbocycles. The number of aromatic amines is 1. The molecule has 31 heavy (non-hydrogen) atoms. The average Bonchev–Trinajstić information content (AvgIpc) is 3.25. The van der Waals surface area contributed by atoms with Crippen molar-refractivity contribution in [3.8, 4) is 0 Å². The minimum Gasteiger partial charge on any atom is -0.360 e. The van der Waals surface area contributed by atoms with Gasteiger partial charge in [0.25, 0.3) is 5.91 Å². The number of hydrogen-bond acceptors (Lipinski definition) is 3. The summed E-state index contributed by atoms with van der Waals surface area (Å²) in [4.78, 5) is 43.9. The number of nitrogens with zero attached hydrogens (tertiary/aromatic N) is 1. The van der Waals surface area contributed by atoms with E-state index < -0.39 is 11.6 Å². The first-order valence-electron chi connectivity index (χ1n) is 10.9. The molecule has 2 heterocycles. The zero-order chi connectivity index (χ0) is 21.6. The van der Waals surface area contributed by atoms with Crippen molar-refractivity contribution in [1.82, 2.24) is 15.2 Å². The van der Waals surface area contributed by atoms with Gasteiger partial charge in [0, 0.05) is 22.7 Å². The van der Waals surface area contributed by atoms with Gasteiger partial charge in [-0.15, -0.1) is 0 Å². The minimum absolute atomic E-state index is 0.248. The molecular formula is C25H25N3O3. The van der Waals surface area contributed by atoms with E-state index >= 15 is 0 Å². The quantitative estimate of drug-likeness (QED) is 0.497. The van der Waals surface area contributed by atoms with Crippen LogP contribution >= 0.6 is 0 Å². The number of imide groups is 1. The Labute approximate surface area is 180 Å². The van der Waals surface area contributed by atoms with Crippen molar-refractivity contribution in [1.29, 1.82) is 0 Å². The van der Waals surface area contributed by atoms with Crippen molar-refractivity contribution in [2.75, 3.05) is 6.54 Å². The van der Waals surface area contributed by atoms with Crippen molar-refractivity contribution in [3.05, 3.63) is 70.9 Å². The summed E-state index contributed by atoms with van der Waals surface area (Å²) >= 11 is 0. The molecule has 2 aromatic carbocycles. The Morgan fingerprint density at radius 1 is 1.10 bits per heavy atom. The second-order valence-electron chi connectivity index (χ2n) is 8.41. The summed E-state index contributed by atoms with van der Waals surface area (Å²) in [5, 5.41) is 3.77. The van der Waals surface area contributed by atoms with Crippen molar-refractivity contribution >= 4 is 28.6 Å². The first-order valence-corrected chi connectivity index (χ1v) is 10.9. The number of para-hydroxylation sites is 1. The van der Waals surface area contributed by atoms with Crippen LogP contribution < -0.4 is 5.32 Å². The highest BCUT2D eigenvalue weighted by Gasteiger charge is 2.53. The second kappa shape index (κ2) is 7.38. The van der Waals surface area contributed by atoms with E-state index in [9.17, 15) is 14.4 Å². The van der Waals surface area contributed by atoms with E-state index in [1.54, 1.807) is 6.20 Å². The SMILES string of the molecule is CCc1cccc2c(C(=O)CN3C(=O)N[C@]4(CCCCc5ccccc54)C3=O)c[nH]c12. The number of nitrogens with one attached hydrogen (secondary N) is 2. The molecule has 2 N–H and O–H groups in total. The zero-order valence-electron chi connectivity index (χ0n) is 17.5. The van der Waals surface area contributed by atoms with Crippen molar-refractivity contribution in [2.24, 2.45) is 0 Å². The third kappa shape index (κ3) is 2.97. The van der Waals surface area contributed by atoms with E-state index in [2.05, 4.69) is 17.2 Å². The lowest BCUT2D eigenvalue weighted by molar-refractivity contribution is -0.131. The lowest BCUT2D eigenvalue weighted by atomic mass is 9.84. The highest BCUT2D eigenvalue weighted by Crippen LogP contribution is 2.39. The molecule has 1 spiro atoms. The van der Waals surface area contributed by atoms with Crippen LogP contribution in [0.25, 0.3) is 10.9 Å². The maximum absolute atomic E-state index is 13.6. The number of H-pyrrole nitrogens is 1. The molecule has 3 aromatic rings. The molecule has 1 fully saturated rings. The summed E-state index contributed by atoms with van der Waals surface area (Å²) in [6.45, 7) is 1.80. The Balaban J connectivity index is 1.47. The van der Waals surface area contributed by atoms with Crippen LogP contribution in [0.3, 0.4) is 0 Å². The largest absolute Gasteiger partial charge is 0.360 e. The summed E-state index contributed by atoms with van der Waals surface area (Å²) in [7, 11) is 0. The molecule has 1 aromatic heterocycles. The van der Waals surface area contributed by atoms with Crippen LogP contribution in [0.2, 0.25) is 0 Å². The predicted molar refractivity (Wildman–Crippen MR) is 118 cm³/mol. The van der Waals surface area contributed by atoms with Gasteiger partial charge >= 0.3 is 6.03 Å². The molecule has 3 amide bonds. The molecule has 0 radical (unpaired) electrons. The molecule has 1 saturated heterocycles. The Morgan fingerprint density at radius 2 is 1.94 bits per heavy atom. The van der Waals surface area contributed by atoms with Gasteiger partial charge in [0.05, 0.1) is 6.54 Å². The van der Waals surface area contributed by atoms with Gasteiger partial charge in [-0.25, -0.2) is 4.79 Å². The number of ketones is 1. The third-order valence-corrected chi connectivity index (χ3v) is 6.69. The molecule has 0 saturated carbocycles. The van der Waals surface area contributed by atoms with Gasteiger partial charge in [-0.2, -0.15) is 0 Å². The van der Waals surface area contributed by atoms with Gasteiger partial charge in [0.15, 0.2) is 5.78 Å². The van der Waals surface area contributed by atoms with Gasteiger partial charge in [0.2, 0.25) is 0 Å². The maximum Gasteiger partial charge on any atom is 0.325 e. The number of urea groups is 1. The van der Waals surface area contributed by atoms with Crippen LogP contribution in [-0.2, 0) is 23.2 Å². The molecule has 0 unspecified atom stereocenters. The lowest BCUT2D eigenvalue weighted by Crippen LogP contribution is -2.44. The number of hydrogen-bond donors (Lipinski definition) is 2. The summed E-state index contributed by atoms with van der Waals surface area (Å²) in [5.74, 6) is -0.573. The number of rotatable bonds is 4. The number of fused-ring (bicyclic) bond motifs is 3. The Hall–Kier alpha value is -3.41. The van der Waals surface area contributed by atoms with Crippen LogP contribution in [0.5, 0.6) is 0 Å². The number of benzene rings is 2. The fourth-order valence-corrected chi connectivity index (χ4v) is 5.09. The molecule has 2 aliphatic rings. The van der Waals surface area contributed by atoms with Crippen LogP contribution in [0.1, 0.15) is 53.2 Å². The van der Waals surface area contributed by atoms with E-state index in [1.165, 1.54) is 0 Å². The monoisotopic (exact) mass is 415 g/mol. The van der Waals surface area contributed by atoms with E-state index in [1.807, 2.05) is 42.5 Å². The number of amides is 3. The maximum atomic E-state index is 13.6. The standard InChI is InChI=1S/C25H25N3O3/c1-2-16-10-7-11-18-19(14-26-22(16)18)21(29)15-28-23(30)25(27-24(28)31)13-6-5-9-17-8-3-4-12-20(17)25/h3-4,7-8,10-12,14,26H,2,5-6,9,13,15H2,1H3,(H,27,31)/t25-/m0/s1. The smallest absolute Gasteiger partial charge is 0.325 e. The highest BCUT2D eigenvalue weighted by molar-refractivity contribution is 6.14. The Kier molecular flexibility index (Phi) is 4.65. The van der Waals surface area contributed by atoms with Gasteiger partial charge in [-0.3, -0.25) is 14.5 Å². The molecule has 1 atom stereocenters.